The van der Waals surface area contributed by atoms with Crippen molar-refractivity contribution in [3.8, 4) is 11.5 Å². The van der Waals surface area contributed by atoms with E-state index in [4.69, 9.17) is 18.9 Å². The van der Waals surface area contributed by atoms with Crippen LogP contribution >= 0.6 is 0 Å². The van der Waals surface area contributed by atoms with Crippen LogP contribution in [0.2, 0.25) is 0 Å². The molecule has 0 spiro atoms. The summed E-state index contributed by atoms with van der Waals surface area (Å²) in [5, 5.41) is 15.3. The predicted molar refractivity (Wildman–Crippen MR) is 161 cm³/mol. The minimum absolute atomic E-state index is 0.0363. The Balaban J connectivity index is 1.51. The average Bonchev–Trinajstić information content (AvgIpc) is 3.41. The third kappa shape index (κ3) is 6.43. The van der Waals surface area contributed by atoms with E-state index in [1.165, 1.54) is 11.0 Å². The Hall–Kier alpha value is -4.58. The van der Waals surface area contributed by atoms with Gasteiger partial charge in [0.05, 0.1) is 33.3 Å². The van der Waals surface area contributed by atoms with Crippen molar-refractivity contribution in [1.82, 2.24) is 19.7 Å². The van der Waals surface area contributed by atoms with Crippen LogP contribution in [0.25, 0.3) is 0 Å². The smallest absolute Gasteiger partial charge is 0.293 e. The van der Waals surface area contributed by atoms with E-state index in [1.807, 2.05) is 78.9 Å². The molecule has 5 rings (SSSR count). The van der Waals surface area contributed by atoms with Crippen molar-refractivity contribution in [1.29, 1.82) is 0 Å². The third-order valence-corrected chi connectivity index (χ3v) is 7.23. The first-order valence-corrected chi connectivity index (χ1v) is 13.8. The first-order valence-electron chi connectivity index (χ1n) is 13.8. The molecular formula is C32H35N5O6. The molecule has 1 aliphatic rings. The zero-order valence-corrected chi connectivity index (χ0v) is 24.5. The fraction of sp³-hybridized carbons (Fsp3) is 0.312. The molecule has 2 heterocycles. The Morgan fingerprint density at radius 2 is 1.56 bits per heavy atom. The van der Waals surface area contributed by atoms with Gasteiger partial charge in [-0.2, -0.15) is 10.1 Å². The molecule has 0 aliphatic carbocycles. The van der Waals surface area contributed by atoms with Crippen LogP contribution in [0.4, 0.5) is 5.95 Å². The summed E-state index contributed by atoms with van der Waals surface area (Å²) in [7, 11) is 6.85. The van der Waals surface area contributed by atoms with Crippen molar-refractivity contribution in [3.05, 3.63) is 112 Å². The predicted octanol–water partition coefficient (Wildman–Crippen LogP) is 3.53. The van der Waals surface area contributed by atoms with Gasteiger partial charge in [-0.15, -0.1) is 0 Å². The molecule has 11 heteroatoms. The highest BCUT2D eigenvalue weighted by molar-refractivity contribution is 5.57. The van der Waals surface area contributed by atoms with Crippen LogP contribution in [0.1, 0.15) is 29.3 Å². The quantitative estimate of drug-likeness (QED) is 0.160. The van der Waals surface area contributed by atoms with E-state index in [1.54, 1.807) is 33.2 Å². The number of methoxy groups -OCH3 is 2. The van der Waals surface area contributed by atoms with E-state index in [-0.39, 0.29) is 19.0 Å². The summed E-state index contributed by atoms with van der Waals surface area (Å²) in [6.07, 6.45) is 0.526. The lowest BCUT2D eigenvalue weighted by Crippen LogP contribution is -2.38. The van der Waals surface area contributed by atoms with Crippen LogP contribution in [-0.2, 0) is 15.1 Å². The second kappa shape index (κ2) is 13.2. The van der Waals surface area contributed by atoms with Gasteiger partial charge in [0.15, 0.2) is 6.23 Å². The van der Waals surface area contributed by atoms with Gasteiger partial charge >= 0.3 is 0 Å². The number of ether oxygens (including phenoxy) is 4. The highest BCUT2D eigenvalue weighted by Crippen LogP contribution is 2.42. The second-order valence-corrected chi connectivity index (χ2v) is 10.3. The summed E-state index contributed by atoms with van der Waals surface area (Å²) >= 11 is 0. The van der Waals surface area contributed by atoms with Crippen LogP contribution in [0.3, 0.4) is 0 Å². The topological polar surface area (TPSA) is 121 Å². The Labute approximate surface area is 250 Å². The zero-order chi connectivity index (χ0) is 30.4. The highest BCUT2D eigenvalue weighted by Gasteiger charge is 2.42. The van der Waals surface area contributed by atoms with Gasteiger partial charge in [0.25, 0.3) is 11.5 Å². The molecule has 224 valence electrons. The Morgan fingerprint density at radius 1 is 0.977 bits per heavy atom. The number of aromatic nitrogens is 3. The molecule has 4 aromatic rings. The van der Waals surface area contributed by atoms with E-state index in [2.05, 4.69) is 15.1 Å². The van der Waals surface area contributed by atoms with Gasteiger partial charge in [0.2, 0.25) is 0 Å². The first-order chi connectivity index (χ1) is 20.8. The first kappa shape index (κ1) is 29.9. The summed E-state index contributed by atoms with van der Waals surface area (Å²) < 4.78 is 25.4. The molecule has 0 saturated carbocycles. The molecule has 0 bridgehead atoms. The standard InChI is InChI=1S/C32H35N5O6/c1-36(2)21-33-31-35-29(39)19-34-37(31)30-18-27(38)28(43-30)20-42-32(22-8-6-5-7-9-22,23-10-14-25(40-3)15-11-23)24-12-16-26(41-4)17-13-24/h5-17,19,21,27-28,30,38H,18,20H2,1-4H3/b33-21+/t27-,28+,30+/m0/s1. The summed E-state index contributed by atoms with van der Waals surface area (Å²) in [6, 6.07) is 25.3. The molecule has 0 unspecified atom stereocenters. The van der Waals surface area contributed by atoms with Gasteiger partial charge in [-0.05, 0) is 41.0 Å². The van der Waals surface area contributed by atoms with Gasteiger partial charge < -0.3 is 29.0 Å². The summed E-state index contributed by atoms with van der Waals surface area (Å²) in [5.74, 6) is 1.51. The number of benzene rings is 3. The van der Waals surface area contributed by atoms with Crippen LogP contribution < -0.4 is 15.0 Å². The average molecular weight is 586 g/mol. The van der Waals surface area contributed by atoms with Gasteiger partial charge in [0, 0.05) is 20.5 Å². The van der Waals surface area contributed by atoms with Crippen LogP contribution in [0.15, 0.2) is 94.8 Å². The lowest BCUT2D eigenvalue weighted by Gasteiger charge is -2.37. The van der Waals surface area contributed by atoms with Gasteiger partial charge in [0.1, 0.15) is 29.4 Å². The maximum Gasteiger partial charge on any atom is 0.293 e. The van der Waals surface area contributed by atoms with Gasteiger partial charge in [-0.3, -0.25) is 4.79 Å². The zero-order valence-electron chi connectivity index (χ0n) is 24.5. The van der Waals surface area contributed by atoms with Crippen LogP contribution in [0.5, 0.6) is 11.5 Å². The van der Waals surface area contributed by atoms with Crippen molar-refractivity contribution in [2.24, 2.45) is 4.99 Å². The number of aliphatic hydroxyl groups is 1. The number of hydrogen-bond donors (Lipinski definition) is 1. The fourth-order valence-electron chi connectivity index (χ4n) is 5.10. The number of nitrogens with zero attached hydrogens (tertiary/aromatic N) is 5. The van der Waals surface area contributed by atoms with Crippen molar-refractivity contribution < 1.29 is 24.1 Å². The number of aliphatic hydroxyl groups excluding tert-OH is 1. The van der Waals surface area contributed by atoms with E-state index < -0.39 is 29.6 Å². The van der Waals surface area contributed by atoms with E-state index >= 15 is 0 Å². The minimum atomic E-state index is -1.07. The summed E-state index contributed by atoms with van der Waals surface area (Å²) in [4.78, 5) is 21.9. The van der Waals surface area contributed by atoms with Crippen molar-refractivity contribution in [2.45, 2.75) is 30.5 Å². The Bertz CT molecular complexity index is 1530. The molecule has 1 aromatic heterocycles. The molecule has 0 amide bonds. The van der Waals surface area contributed by atoms with E-state index in [0.717, 1.165) is 22.9 Å². The number of rotatable bonds is 11. The van der Waals surface area contributed by atoms with Crippen molar-refractivity contribution >= 4 is 12.3 Å². The monoisotopic (exact) mass is 585 g/mol. The Kier molecular flexibility index (Phi) is 9.15. The molecule has 11 nitrogen and oxygen atoms in total. The molecule has 43 heavy (non-hydrogen) atoms. The Morgan fingerprint density at radius 3 is 2.12 bits per heavy atom. The molecule has 1 fully saturated rings. The number of aliphatic imine (C=N–C) groups is 1. The van der Waals surface area contributed by atoms with Gasteiger partial charge in [-0.1, -0.05) is 54.6 Å². The van der Waals surface area contributed by atoms with Crippen LogP contribution in [-0.4, -0.2) is 78.2 Å². The molecular weight excluding hydrogens is 550 g/mol. The second-order valence-electron chi connectivity index (χ2n) is 10.3. The molecule has 1 aliphatic heterocycles. The molecule has 3 atom stereocenters. The largest absolute Gasteiger partial charge is 0.497 e. The summed E-state index contributed by atoms with van der Waals surface area (Å²) in [6.45, 7) is 0.0363. The molecule has 3 aromatic carbocycles. The number of hydrogen-bond acceptors (Lipinski definition) is 9. The third-order valence-electron chi connectivity index (χ3n) is 7.23. The maximum absolute atomic E-state index is 11.9. The van der Waals surface area contributed by atoms with Crippen molar-refractivity contribution in [2.75, 3.05) is 34.9 Å². The van der Waals surface area contributed by atoms with E-state index in [0.29, 0.717) is 11.5 Å². The lowest BCUT2D eigenvalue weighted by molar-refractivity contribution is -0.0957. The summed E-state index contributed by atoms with van der Waals surface area (Å²) in [5.41, 5.74) is 1.02. The minimum Gasteiger partial charge on any atom is -0.497 e. The molecule has 0 radical (unpaired) electrons. The molecule has 1 N–H and O–H groups in total. The lowest BCUT2D eigenvalue weighted by atomic mass is 9.80. The van der Waals surface area contributed by atoms with Gasteiger partial charge in [-0.25, -0.2) is 9.67 Å². The van der Waals surface area contributed by atoms with Crippen LogP contribution in [0, 0.1) is 0 Å². The van der Waals surface area contributed by atoms with Crippen molar-refractivity contribution in [3.63, 3.8) is 0 Å². The molecule has 1 saturated heterocycles. The SMILES string of the molecule is COc1ccc(C(OC[C@H]2O[C@@H](n3ncc(=O)nc3/N=C/N(C)C)C[C@@H]2O)(c2ccccc2)c2ccc(OC)cc2)cc1. The maximum atomic E-state index is 11.9. The fourth-order valence-corrected chi connectivity index (χ4v) is 5.10. The highest BCUT2D eigenvalue weighted by atomic mass is 16.6. The van der Waals surface area contributed by atoms with E-state index in [9.17, 15) is 9.90 Å². The normalized spacial score (nSPS) is 18.6.